The second-order valence-electron chi connectivity index (χ2n) is 6.00. The van der Waals surface area contributed by atoms with E-state index in [2.05, 4.69) is 40.7 Å². The number of hydrogen-bond donors (Lipinski definition) is 0. The molecule has 0 saturated carbocycles. The minimum atomic E-state index is -1.99. The van der Waals surface area contributed by atoms with Crippen LogP contribution in [0.4, 0.5) is 0 Å². The Labute approximate surface area is 130 Å². The van der Waals surface area contributed by atoms with Gasteiger partial charge in [0.1, 0.15) is 0 Å². The van der Waals surface area contributed by atoms with Crippen LogP contribution in [0, 0.1) is 0 Å². The molecule has 0 fully saturated rings. The third-order valence-electron chi connectivity index (χ3n) is 4.24. The Morgan fingerprint density at radius 3 is 1.55 bits per heavy atom. The van der Waals surface area contributed by atoms with Gasteiger partial charge < -0.3 is 0 Å². The van der Waals surface area contributed by atoms with Crippen molar-refractivity contribution in [3.8, 4) is 0 Å². The Morgan fingerprint density at radius 1 is 0.800 bits per heavy atom. The summed E-state index contributed by atoms with van der Waals surface area (Å²) in [6.07, 6.45) is 11.8. The molecule has 0 bridgehead atoms. The third kappa shape index (κ3) is 7.19. The van der Waals surface area contributed by atoms with Gasteiger partial charge in [-0.15, -0.1) is 0 Å². The van der Waals surface area contributed by atoms with E-state index in [9.17, 15) is 0 Å². The van der Waals surface area contributed by atoms with Crippen LogP contribution in [-0.2, 0) is 4.74 Å². The summed E-state index contributed by atoms with van der Waals surface area (Å²) in [7, 11) is 0. The van der Waals surface area contributed by atoms with E-state index >= 15 is 0 Å². The van der Waals surface area contributed by atoms with E-state index in [1.807, 2.05) is 0 Å². The SMILES string of the molecule is CC/C=[C](\OCC)[Ge]([CH2]CCC)([CH2]CCC)[CH2]CCC. The second-order valence-corrected chi connectivity index (χ2v) is 15.6. The molecule has 0 aliphatic rings. The second kappa shape index (κ2) is 12.8. The van der Waals surface area contributed by atoms with Crippen LogP contribution >= 0.6 is 0 Å². The van der Waals surface area contributed by atoms with Crippen molar-refractivity contribution in [1.82, 2.24) is 0 Å². The van der Waals surface area contributed by atoms with Gasteiger partial charge >= 0.3 is 131 Å². The molecule has 0 aromatic carbocycles. The molecule has 0 rings (SSSR count). The van der Waals surface area contributed by atoms with Crippen molar-refractivity contribution in [2.45, 2.75) is 95.3 Å². The molecule has 0 saturated heterocycles. The van der Waals surface area contributed by atoms with Crippen molar-refractivity contribution in [1.29, 1.82) is 0 Å². The molecular weight excluding hydrogens is 305 g/mol. The Bertz CT molecular complexity index is 226. The van der Waals surface area contributed by atoms with Gasteiger partial charge in [-0.3, -0.25) is 0 Å². The zero-order valence-electron chi connectivity index (χ0n) is 14.8. The number of hydrogen-bond acceptors (Lipinski definition) is 1. The summed E-state index contributed by atoms with van der Waals surface area (Å²) in [5, 5.41) is 4.47. The number of allylic oxidation sites excluding steroid dienone is 1. The van der Waals surface area contributed by atoms with Gasteiger partial charge in [0.2, 0.25) is 0 Å². The quantitative estimate of drug-likeness (QED) is 0.267. The number of unbranched alkanes of at least 4 members (excludes halogenated alkanes) is 3. The Kier molecular flexibility index (Phi) is 12.8. The van der Waals surface area contributed by atoms with Crippen molar-refractivity contribution >= 4 is 13.3 Å². The average molecular weight is 343 g/mol. The number of ether oxygens (including phenoxy) is 1. The van der Waals surface area contributed by atoms with Crippen LogP contribution in [0.3, 0.4) is 0 Å². The number of rotatable bonds is 13. The van der Waals surface area contributed by atoms with E-state index in [0.29, 0.717) is 0 Å². The Hall–Kier alpha value is 0.0829. The van der Waals surface area contributed by atoms with E-state index in [1.165, 1.54) is 58.9 Å². The molecule has 0 aliphatic carbocycles. The van der Waals surface area contributed by atoms with Crippen LogP contribution in [0.1, 0.15) is 79.6 Å². The van der Waals surface area contributed by atoms with Crippen molar-refractivity contribution in [3.63, 3.8) is 0 Å². The van der Waals surface area contributed by atoms with E-state index in [1.54, 1.807) is 0 Å². The standard InChI is InChI=1S/C18H38GeO/c1-6-11-15-19(16-12-7-2,17-13-8-3)18(14-9-4)20-10-5/h14H,6-13,15-17H2,1-5H3/b18-14-. The molecule has 20 heavy (non-hydrogen) atoms. The van der Waals surface area contributed by atoms with Gasteiger partial charge in [0, 0.05) is 0 Å². The van der Waals surface area contributed by atoms with Crippen LogP contribution in [0.15, 0.2) is 10.7 Å². The first-order valence-corrected chi connectivity index (χ1v) is 14.5. The van der Waals surface area contributed by atoms with E-state index in [0.717, 1.165) is 13.0 Å². The van der Waals surface area contributed by atoms with Crippen molar-refractivity contribution in [2.75, 3.05) is 6.61 Å². The van der Waals surface area contributed by atoms with Gasteiger partial charge in [-0.25, -0.2) is 0 Å². The first-order valence-electron chi connectivity index (χ1n) is 9.04. The topological polar surface area (TPSA) is 9.23 Å². The van der Waals surface area contributed by atoms with Gasteiger partial charge in [0.05, 0.1) is 0 Å². The maximum absolute atomic E-state index is 6.18. The fraction of sp³-hybridized carbons (Fsp3) is 0.889. The Morgan fingerprint density at radius 2 is 1.25 bits per heavy atom. The molecule has 0 atom stereocenters. The normalized spacial score (nSPS) is 12.8. The molecule has 0 radical (unpaired) electrons. The average Bonchev–Trinajstić information content (AvgIpc) is 2.47. The van der Waals surface area contributed by atoms with Crippen LogP contribution in [0.5, 0.6) is 0 Å². The van der Waals surface area contributed by atoms with Crippen LogP contribution < -0.4 is 0 Å². The summed E-state index contributed by atoms with van der Waals surface area (Å²) in [6.45, 7) is 12.2. The van der Waals surface area contributed by atoms with E-state index in [-0.39, 0.29) is 0 Å². The van der Waals surface area contributed by atoms with Crippen LogP contribution in [0.2, 0.25) is 15.8 Å². The fourth-order valence-electron chi connectivity index (χ4n) is 3.06. The van der Waals surface area contributed by atoms with Gasteiger partial charge in [-0.2, -0.15) is 0 Å². The predicted octanol–water partition coefficient (Wildman–Crippen LogP) is 6.71. The zero-order valence-corrected chi connectivity index (χ0v) is 16.9. The first kappa shape index (κ1) is 20.1. The molecular formula is C18H38GeO. The summed E-state index contributed by atoms with van der Waals surface area (Å²) < 4.78 is 7.67. The zero-order chi connectivity index (χ0) is 15.3. The summed E-state index contributed by atoms with van der Waals surface area (Å²) in [5.74, 6) is 0. The van der Waals surface area contributed by atoms with Gasteiger partial charge in [-0.05, 0) is 0 Å². The first-order chi connectivity index (χ1) is 9.70. The Balaban J connectivity index is 5.21. The molecule has 120 valence electrons. The van der Waals surface area contributed by atoms with Crippen molar-refractivity contribution in [2.24, 2.45) is 0 Å². The van der Waals surface area contributed by atoms with E-state index < -0.39 is 13.3 Å². The molecule has 0 amide bonds. The van der Waals surface area contributed by atoms with Gasteiger partial charge in [-0.1, -0.05) is 0 Å². The monoisotopic (exact) mass is 344 g/mol. The summed E-state index contributed by atoms with van der Waals surface area (Å²) >= 11 is -1.99. The summed E-state index contributed by atoms with van der Waals surface area (Å²) in [4.78, 5) is 0. The summed E-state index contributed by atoms with van der Waals surface area (Å²) in [6, 6.07) is 0. The van der Waals surface area contributed by atoms with Gasteiger partial charge in [0.25, 0.3) is 0 Å². The third-order valence-corrected chi connectivity index (χ3v) is 15.4. The molecule has 0 aromatic rings. The van der Waals surface area contributed by atoms with Gasteiger partial charge in [0.15, 0.2) is 0 Å². The molecule has 0 unspecified atom stereocenters. The molecule has 0 N–H and O–H groups in total. The fourth-order valence-corrected chi connectivity index (χ4v) is 15.0. The molecule has 0 heterocycles. The molecule has 0 aliphatic heterocycles. The minimum absolute atomic E-state index is 0.850. The molecule has 2 heteroatoms. The van der Waals surface area contributed by atoms with Crippen molar-refractivity contribution in [3.05, 3.63) is 10.7 Å². The summed E-state index contributed by atoms with van der Waals surface area (Å²) in [5.41, 5.74) is 0. The molecule has 0 aromatic heterocycles. The maximum atomic E-state index is 6.18. The van der Waals surface area contributed by atoms with Crippen LogP contribution in [0.25, 0.3) is 0 Å². The van der Waals surface area contributed by atoms with Crippen molar-refractivity contribution < 1.29 is 4.74 Å². The molecule has 1 nitrogen and oxygen atoms in total. The van der Waals surface area contributed by atoms with E-state index in [4.69, 9.17) is 4.74 Å². The predicted molar refractivity (Wildman–Crippen MR) is 94.9 cm³/mol. The van der Waals surface area contributed by atoms with Crippen LogP contribution in [-0.4, -0.2) is 19.9 Å². The molecule has 0 spiro atoms.